The molecule has 2 N–H and O–H groups in total. The maximum atomic E-state index is 13.0. The fourth-order valence-corrected chi connectivity index (χ4v) is 3.17. The third-order valence-corrected chi connectivity index (χ3v) is 4.64. The van der Waals surface area contributed by atoms with Crippen LogP contribution < -0.4 is 16.0 Å². The molecule has 3 rings (SSSR count). The number of hydrogen-bond donors (Lipinski definition) is 1. The van der Waals surface area contributed by atoms with E-state index in [9.17, 15) is 10.1 Å². The monoisotopic (exact) mass is 339 g/mol. The lowest BCUT2D eigenvalue weighted by atomic mass is 9.91. The molecule has 0 bridgehead atoms. The second kappa shape index (κ2) is 6.61. The highest BCUT2D eigenvalue weighted by Crippen LogP contribution is 2.29. The van der Waals surface area contributed by atoms with E-state index in [0.717, 1.165) is 0 Å². The van der Waals surface area contributed by atoms with Crippen molar-refractivity contribution in [3.05, 3.63) is 51.3 Å². The van der Waals surface area contributed by atoms with Gasteiger partial charge in [-0.1, -0.05) is 19.9 Å². The molecule has 6 heteroatoms. The molecule has 2 heterocycles. The number of ether oxygens (including phenoxy) is 2. The van der Waals surface area contributed by atoms with Gasteiger partial charge in [0.15, 0.2) is 0 Å². The summed E-state index contributed by atoms with van der Waals surface area (Å²) in [5.74, 6) is 1.06. The molecule has 1 aromatic heterocycles. The Balaban J connectivity index is 2.23. The lowest BCUT2D eigenvalue weighted by Gasteiger charge is -2.29. The summed E-state index contributed by atoms with van der Waals surface area (Å²) in [7, 11) is 1.55. The molecular formula is C19H21N3O3. The van der Waals surface area contributed by atoms with Crippen LogP contribution in [0, 0.1) is 17.2 Å². The van der Waals surface area contributed by atoms with Gasteiger partial charge >= 0.3 is 0 Å². The van der Waals surface area contributed by atoms with Gasteiger partial charge in [-0.05, 0) is 23.6 Å². The highest BCUT2D eigenvalue weighted by atomic mass is 16.5. The molecule has 6 nitrogen and oxygen atoms in total. The summed E-state index contributed by atoms with van der Waals surface area (Å²) in [6.07, 6.45) is 0.500. The van der Waals surface area contributed by atoms with Gasteiger partial charge in [-0.3, -0.25) is 9.36 Å². The summed E-state index contributed by atoms with van der Waals surface area (Å²) >= 11 is 0. The van der Waals surface area contributed by atoms with E-state index in [1.54, 1.807) is 31.4 Å². The minimum Gasteiger partial charge on any atom is -0.497 e. The fraction of sp³-hybridized carbons (Fsp3) is 0.368. The van der Waals surface area contributed by atoms with E-state index in [1.165, 1.54) is 4.57 Å². The Bertz CT molecular complexity index is 909. The molecule has 0 fully saturated rings. The number of benzene rings is 1. The summed E-state index contributed by atoms with van der Waals surface area (Å²) in [6, 6.07) is 9.21. The number of pyridine rings is 1. The Kier molecular flexibility index (Phi) is 4.51. The van der Waals surface area contributed by atoms with Gasteiger partial charge < -0.3 is 15.2 Å². The van der Waals surface area contributed by atoms with Crippen LogP contribution in [0.3, 0.4) is 0 Å². The molecule has 2 aromatic rings. The first-order valence-electron chi connectivity index (χ1n) is 8.20. The number of aromatic nitrogens is 1. The van der Waals surface area contributed by atoms with E-state index in [-0.39, 0.29) is 24.1 Å². The lowest BCUT2D eigenvalue weighted by molar-refractivity contribution is -0.00117. The van der Waals surface area contributed by atoms with Gasteiger partial charge in [0.05, 0.1) is 31.1 Å². The summed E-state index contributed by atoms with van der Waals surface area (Å²) in [5.41, 5.74) is 8.11. The van der Waals surface area contributed by atoms with Crippen molar-refractivity contribution in [2.45, 2.75) is 33.0 Å². The molecule has 1 aliphatic rings. The first-order chi connectivity index (χ1) is 12.0. The largest absolute Gasteiger partial charge is 0.497 e. The van der Waals surface area contributed by atoms with E-state index in [0.29, 0.717) is 40.5 Å². The third-order valence-electron chi connectivity index (χ3n) is 4.64. The zero-order chi connectivity index (χ0) is 18.1. The van der Waals surface area contributed by atoms with Crippen LogP contribution in [0.4, 0.5) is 5.82 Å². The Hall–Kier alpha value is -2.78. The molecule has 1 aliphatic heterocycles. The highest BCUT2D eigenvalue weighted by molar-refractivity contribution is 5.60. The van der Waals surface area contributed by atoms with E-state index < -0.39 is 0 Å². The molecule has 0 saturated heterocycles. The highest BCUT2D eigenvalue weighted by Gasteiger charge is 2.29. The fourth-order valence-electron chi connectivity index (χ4n) is 3.17. The second-order valence-electron chi connectivity index (χ2n) is 6.47. The first-order valence-corrected chi connectivity index (χ1v) is 8.20. The number of methoxy groups -OCH3 is 1. The molecule has 0 spiro atoms. The molecule has 25 heavy (non-hydrogen) atoms. The quantitative estimate of drug-likeness (QED) is 0.927. The van der Waals surface area contributed by atoms with Crippen molar-refractivity contribution >= 4 is 5.82 Å². The topological polar surface area (TPSA) is 90.3 Å². The number of nitrogens with zero attached hydrogens (tertiary/aromatic N) is 2. The van der Waals surface area contributed by atoms with Gasteiger partial charge in [0.1, 0.15) is 17.6 Å². The van der Waals surface area contributed by atoms with Crippen LogP contribution in [0.5, 0.6) is 5.75 Å². The van der Waals surface area contributed by atoms with Crippen molar-refractivity contribution < 1.29 is 9.47 Å². The zero-order valence-corrected chi connectivity index (χ0v) is 14.6. The van der Waals surface area contributed by atoms with Crippen molar-refractivity contribution in [2.24, 2.45) is 5.92 Å². The summed E-state index contributed by atoms with van der Waals surface area (Å²) in [6.45, 7) is 4.31. The Labute approximate surface area is 146 Å². The van der Waals surface area contributed by atoms with Gasteiger partial charge in [-0.2, -0.15) is 5.26 Å². The molecule has 0 saturated carbocycles. The van der Waals surface area contributed by atoms with Crippen molar-refractivity contribution in [3.63, 3.8) is 0 Å². The number of nitrogen functional groups attached to an aromatic ring is 1. The lowest BCUT2D eigenvalue weighted by Crippen LogP contribution is -2.36. The SMILES string of the molecule is COc1cccc(-n2c(N)c(C#N)c3c(c2=O)COC(C(C)C)C3)c1. The Morgan fingerprint density at radius 1 is 1.40 bits per heavy atom. The first kappa shape index (κ1) is 17.1. The molecule has 1 atom stereocenters. The standard InChI is InChI=1S/C19H21N3O3/c1-11(2)17-8-14-15(9-20)18(21)22(19(23)16(14)10-25-17)12-5-4-6-13(7-12)24-3/h4-7,11,17H,8,10,21H2,1-3H3. The summed E-state index contributed by atoms with van der Waals surface area (Å²) in [4.78, 5) is 13.0. The summed E-state index contributed by atoms with van der Waals surface area (Å²) in [5, 5.41) is 9.65. The van der Waals surface area contributed by atoms with Crippen LogP contribution in [-0.4, -0.2) is 17.8 Å². The van der Waals surface area contributed by atoms with Crippen LogP contribution in [0.25, 0.3) is 5.69 Å². The van der Waals surface area contributed by atoms with Crippen molar-refractivity contribution in [1.82, 2.24) is 4.57 Å². The van der Waals surface area contributed by atoms with Gasteiger partial charge in [0, 0.05) is 18.1 Å². The van der Waals surface area contributed by atoms with Crippen molar-refractivity contribution in [3.8, 4) is 17.5 Å². The van der Waals surface area contributed by atoms with Crippen LogP contribution in [0.15, 0.2) is 29.1 Å². The van der Waals surface area contributed by atoms with Crippen molar-refractivity contribution in [2.75, 3.05) is 12.8 Å². The minimum absolute atomic E-state index is 0.0222. The van der Waals surface area contributed by atoms with E-state index >= 15 is 0 Å². The van der Waals surface area contributed by atoms with Gasteiger partial charge in [0.25, 0.3) is 5.56 Å². The molecular weight excluding hydrogens is 318 g/mol. The smallest absolute Gasteiger partial charge is 0.262 e. The molecule has 1 aromatic carbocycles. The average molecular weight is 339 g/mol. The normalized spacial score (nSPS) is 16.4. The Morgan fingerprint density at radius 2 is 2.16 bits per heavy atom. The number of hydrogen-bond acceptors (Lipinski definition) is 5. The number of anilines is 1. The van der Waals surface area contributed by atoms with Crippen LogP contribution in [-0.2, 0) is 17.8 Å². The number of nitrogens with two attached hydrogens (primary N) is 1. The van der Waals surface area contributed by atoms with Gasteiger partial charge in [-0.25, -0.2) is 0 Å². The average Bonchev–Trinajstić information content (AvgIpc) is 2.62. The van der Waals surface area contributed by atoms with Gasteiger partial charge in [-0.15, -0.1) is 0 Å². The predicted octanol–water partition coefficient (Wildman–Crippen LogP) is 2.40. The number of rotatable bonds is 3. The van der Waals surface area contributed by atoms with Crippen molar-refractivity contribution in [1.29, 1.82) is 5.26 Å². The second-order valence-corrected chi connectivity index (χ2v) is 6.47. The van der Waals surface area contributed by atoms with E-state index in [2.05, 4.69) is 19.9 Å². The van der Waals surface area contributed by atoms with E-state index in [1.807, 2.05) is 0 Å². The minimum atomic E-state index is -0.248. The van der Waals surface area contributed by atoms with Crippen LogP contribution >= 0.6 is 0 Å². The van der Waals surface area contributed by atoms with Crippen LogP contribution in [0.2, 0.25) is 0 Å². The molecule has 1 unspecified atom stereocenters. The van der Waals surface area contributed by atoms with Gasteiger partial charge in [0.2, 0.25) is 0 Å². The summed E-state index contributed by atoms with van der Waals surface area (Å²) < 4.78 is 12.4. The molecule has 130 valence electrons. The zero-order valence-electron chi connectivity index (χ0n) is 14.6. The maximum Gasteiger partial charge on any atom is 0.262 e. The van der Waals surface area contributed by atoms with E-state index in [4.69, 9.17) is 15.2 Å². The molecule has 0 radical (unpaired) electrons. The van der Waals surface area contributed by atoms with Crippen LogP contribution in [0.1, 0.15) is 30.5 Å². The molecule has 0 amide bonds. The molecule has 0 aliphatic carbocycles. The predicted molar refractivity (Wildman–Crippen MR) is 94.8 cm³/mol. The third kappa shape index (κ3) is 2.87. The maximum absolute atomic E-state index is 13.0. The number of nitriles is 1. The number of fused-ring (bicyclic) bond motifs is 1. The Morgan fingerprint density at radius 3 is 2.80 bits per heavy atom.